The highest BCUT2D eigenvalue weighted by atomic mass is 32.2. The van der Waals surface area contributed by atoms with Crippen LogP contribution >= 0.6 is 11.8 Å². The highest BCUT2D eigenvalue weighted by Gasteiger charge is 2.16. The van der Waals surface area contributed by atoms with Gasteiger partial charge in [0.05, 0.1) is 5.25 Å². The van der Waals surface area contributed by atoms with Crippen molar-refractivity contribution in [2.75, 3.05) is 23.7 Å². The SMILES string of the molecule is CC(Sc1ccccc1)C(=O)Nc1ccc(NC(=O)N2CCCCCC2)cc1. The predicted molar refractivity (Wildman–Crippen MR) is 116 cm³/mol. The third-order valence-electron chi connectivity index (χ3n) is 4.72. The van der Waals surface area contributed by atoms with Gasteiger partial charge in [-0.2, -0.15) is 0 Å². The maximum atomic E-state index is 12.4. The molecule has 1 atom stereocenters. The molecule has 0 aliphatic carbocycles. The average molecular weight is 398 g/mol. The fraction of sp³-hybridized carbons (Fsp3) is 0.364. The first-order valence-electron chi connectivity index (χ1n) is 9.80. The molecule has 1 heterocycles. The summed E-state index contributed by atoms with van der Waals surface area (Å²) < 4.78 is 0. The van der Waals surface area contributed by atoms with Crippen molar-refractivity contribution in [3.8, 4) is 0 Å². The number of carbonyl (C=O) groups excluding carboxylic acids is 2. The van der Waals surface area contributed by atoms with Crippen LogP contribution in [0.25, 0.3) is 0 Å². The number of urea groups is 1. The number of rotatable bonds is 5. The summed E-state index contributed by atoms with van der Waals surface area (Å²) in [5.41, 5.74) is 1.46. The molecule has 3 amide bonds. The molecule has 6 heteroatoms. The van der Waals surface area contributed by atoms with Crippen LogP contribution in [0.4, 0.5) is 16.2 Å². The van der Waals surface area contributed by atoms with E-state index in [2.05, 4.69) is 10.6 Å². The summed E-state index contributed by atoms with van der Waals surface area (Å²) in [6, 6.07) is 17.1. The van der Waals surface area contributed by atoms with Crippen molar-refractivity contribution in [2.45, 2.75) is 42.8 Å². The van der Waals surface area contributed by atoms with Gasteiger partial charge in [0.15, 0.2) is 0 Å². The minimum absolute atomic E-state index is 0.0461. The molecular formula is C22H27N3O2S. The van der Waals surface area contributed by atoms with Crippen LogP contribution in [0.3, 0.4) is 0 Å². The average Bonchev–Trinajstić information content (AvgIpc) is 3.00. The second-order valence-electron chi connectivity index (χ2n) is 6.97. The van der Waals surface area contributed by atoms with E-state index in [9.17, 15) is 9.59 Å². The molecule has 28 heavy (non-hydrogen) atoms. The Morgan fingerprint density at radius 1 is 0.857 bits per heavy atom. The van der Waals surface area contributed by atoms with Crippen molar-refractivity contribution in [3.05, 3.63) is 54.6 Å². The second kappa shape index (κ2) is 10.2. The van der Waals surface area contributed by atoms with E-state index >= 15 is 0 Å². The first-order valence-corrected chi connectivity index (χ1v) is 10.7. The smallest absolute Gasteiger partial charge is 0.321 e. The zero-order chi connectivity index (χ0) is 19.8. The standard InChI is InChI=1S/C22H27N3O2S/c1-17(28-20-9-5-4-6-10-20)21(26)23-18-11-13-19(14-12-18)24-22(27)25-15-7-2-3-8-16-25/h4-6,9-14,17H,2-3,7-8,15-16H2,1H3,(H,23,26)(H,24,27). The third kappa shape index (κ3) is 6.02. The predicted octanol–water partition coefficient (Wildman–Crippen LogP) is 5.21. The van der Waals surface area contributed by atoms with E-state index in [0.717, 1.165) is 42.2 Å². The van der Waals surface area contributed by atoms with E-state index in [1.54, 1.807) is 0 Å². The molecule has 0 aromatic heterocycles. The number of carbonyl (C=O) groups is 2. The van der Waals surface area contributed by atoms with Crippen molar-refractivity contribution < 1.29 is 9.59 Å². The molecule has 1 saturated heterocycles. The molecule has 2 aromatic rings. The quantitative estimate of drug-likeness (QED) is 0.681. The van der Waals surface area contributed by atoms with Crippen molar-refractivity contribution in [1.82, 2.24) is 4.90 Å². The van der Waals surface area contributed by atoms with E-state index in [1.807, 2.05) is 66.4 Å². The lowest BCUT2D eigenvalue weighted by molar-refractivity contribution is -0.115. The van der Waals surface area contributed by atoms with E-state index in [0.29, 0.717) is 0 Å². The highest BCUT2D eigenvalue weighted by molar-refractivity contribution is 8.00. The van der Waals surface area contributed by atoms with E-state index < -0.39 is 0 Å². The Bertz CT molecular complexity index is 772. The van der Waals surface area contributed by atoms with Gasteiger partial charge < -0.3 is 15.5 Å². The molecule has 3 rings (SSSR count). The van der Waals surface area contributed by atoms with E-state index in [4.69, 9.17) is 0 Å². The molecule has 1 aliphatic heterocycles. The Hall–Kier alpha value is -2.47. The van der Waals surface area contributed by atoms with E-state index in [-0.39, 0.29) is 17.2 Å². The highest BCUT2D eigenvalue weighted by Crippen LogP contribution is 2.24. The van der Waals surface area contributed by atoms with Crippen LogP contribution in [0.5, 0.6) is 0 Å². The third-order valence-corrected chi connectivity index (χ3v) is 5.83. The van der Waals surface area contributed by atoms with Gasteiger partial charge in [0.25, 0.3) is 0 Å². The van der Waals surface area contributed by atoms with Gasteiger partial charge in [-0.1, -0.05) is 31.0 Å². The van der Waals surface area contributed by atoms with Crippen molar-refractivity contribution in [2.24, 2.45) is 0 Å². The van der Waals surface area contributed by atoms with Crippen LogP contribution in [0, 0.1) is 0 Å². The molecule has 5 nitrogen and oxygen atoms in total. The molecule has 1 fully saturated rings. The van der Waals surface area contributed by atoms with Crippen LogP contribution < -0.4 is 10.6 Å². The summed E-state index contributed by atoms with van der Waals surface area (Å²) in [5.74, 6) is -0.0461. The monoisotopic (exact) mass is 397 g/mol. The van der Waals surface area contributed by atoms with Crippen LogP contribution in [0.1, 0.15) is 32.6 Å². The maximum Gasteiger partial charge on any atom is 0.321 e. The minimum atomic E-state index is -0.204. The Morgan fingerprint density at radius 2 is 1.43 bits per heavy atom. The zero-order valence-corrected chi connectivity index (χ0v) is 17.0. The van der Waals surface area contributed by atoms with Crippen molar-refractivity contribution in [3.63, 3.8) is 0 Å². The van der Waals surface area contributed by atoms with Gasteiger partial charge in [-0.3, -0.25) is 4.79 Å². The second-order valence-corrected chi connectivity index (χ2v) is 8.39. The fourth-order valence-electron chi connectivity index (χ4n) is 3.11. The summed E-state index contributed by atoms with van der Waals surface area (Å²) >= 11 is 1.53. The summed E-state index contributed by atoms with van der Waals surface area (Å²) in [7, 11) is 0. The molecule has 1 aliphatic rings. The number of amides is 3. The number of nitrogens with one attached hydrogen (secondary N) is 2. The number of hydrogen-bond acceptors (Lipinski definition) is 3. The lowest BCUT2D eigenvalue weighted by Gasteiger charge is -2.21. The molecule has 0 radical (unpaired) electrons. The lowest BCUT2D eigenvalue weighted by atomic mass is 10.2. The number of benzene rings is 2. The molecule has 1 unspecified atom stereocenters. The fourth-order valence-corrected chi connectivity index (χ4v) is 4.00. The molecular weight excluding hydrogens is 370 g/mol. The van der Waals surface area contributed by atoms with Crippen LogP contribution in [0.15, 0.2) is 59.5 Å². The maximum absolute atomic E-state index is 12.4. The first kappa shape index (κ1) is 20.3. The van der Waals surface area contributed by atoms with E-state index in [1.165, 1.54) is 24.6 Å². The largest absolute Gasteiger partial charge is 0.325 e. The Kier molecular flexibility index (Phi) is 7.37. The molecule has 0 bridgehead atoms. The van der Waals surface area contributed by atoms with Crippen LogP contribution in [0.2, 0.25) is 0 Å². The van der Waals surface area contributed by atoms with Gasteiger partial charge >= 0.3 is 6.03 Å². The Labute approximate surface area is 170 Å². The van der Waals surface area contributed by atoms with Gasteiger partial charge in [-0.05, 0) is 56.2 Å². The number of nitrogens with zero attached hydrogens (tertiary/aromatic N) is 1. The number of hydrogen-bond donors (Lipinski definition) is 2. The normalized spacial score (nSPS) is 15.4. The number of thioether (sulfide) groups is 1. The van der Waals surface area contributed by atoms with Gasteiger partial charge in [0.2, 0.25) is 5.91 Å². The summed E-state index contributed by atoms with van der Waals surface area (Å²) in [6.07, 6.45) is 4.52. The minimum Gasteiger partial charge on any atom is -0.325 e. The summed E-state index contributed by atoms with van der Waals surface area (Å²) in [6.45, 7) is 3.52. The summed E-state index contributed by atoms with van der Waals surface area (Å²) in [5, 5.41) is 5.67. The van der Waals surface area contributed by atoms with Gasteiger partial charge in [0, 0.05) is 29.4 Å². The molecule has 148 valence electrons. The topological polar surface area (TPSA) is 61.4 Å². The number of anilines is 2. The summed E-state index contributed by atoms with van der Waals surface area (Å²) in [4.78, 5) is 27.7. The Morgan fingerprint density at radius 3 is 2.04 bits per heavy atom. The van der Waals surface area contributed by atoms with Gasteiger partial charge in [-0.25, -0.2) is 4.79 Å². The zero-order valence-electron chi connectivity index (χ0n) is 16.2. The molecule has 2 N–H and O–H groups in total. The molecule has 0 saturated carbocycles. The molecule has 2 aromatic carbocycles. The van der Waals surface area contributed by atoms with Crippen molar-refractivity contribution >= 4 is 35.1 Å². The lowest BCUT2D eigenvalue weighted by Crippen LogP contribution is -2.35. The first-order chi connectivity index (χ1) is 13.6. The van der Waals surface area contributed by atoms with Gasteiger partial charge in [0.1, 0.15) is 0 Å². The number of likely N-dealkylation sites (tertiary alicyclic amines) is 1. The van der Waals surface area contributed by atoms with Crippen LogP contribution in [-0.4, -0.2) is 35.2 Å². The van der Waals surface area contributed by atoms with Crippen molar-refractivity contribution in [1.29, 1.82) is 0 Å². The van der Waals surface area contributed by atoms with Crippen LogP contribution in [-0.2, 0) is 4.79 Å². The van der Waals surface area contributed by atoms with Gasteiger partial charge in [-0.15, -0.1) is 11.8 Å². The molecule has 0 spiro atoms. The Balaban J connectivity index is 1.50.